The van der Waals surface area contributed by atoms with Crippen molar-refractivity contribution in [3.63, 3.8) is 0 Å². The number of benzene rings is 2. The second-order valence-corrected chi connectivity index (χ2v) is 11.6. The first-order valence-electron chi connectivity index (χ1n) is 14.4. The van der Waals surface area contributed by atoms with E-state index < -0.39 is 59.6 Å². The summed E-state index contributed by atoms with van der Waals surface area (Å²) in [6.45, 7) is 10.1. The van der Waals surface area contributed by atoms with E-state index in [-0.39, 0.29) is 26.1 Å². The Bertz CT molecular complexity index is 1280. The van der Waals surface area contributed by atoms with Crippen molar-refractivity contribution in [3.8, 4) is 0 Å². The van der Waals surface area contributed by atoms with Gasteiger partial charge >= 0.3 is 12.1 Å². The molecule has 0 radical (unpaired) electrons. The zero-order valence-corrected chi connectivity index (χ0v) is 25.7. The fourth-order valence-electron chi connectivity index (χ4n) is 4.67. The highest BCUT2D eigenvalue weighted by Gasteiger charge is 2.42. The predicted molar refractivity (Wildman–Crippen MR) is 159 cm³/mol. The Morgan fingerprint density at radius 2 is 1.37 bits per heavy atom. The molecule has 2 N–H and O–H groups in total. The molecule has 11 heteroatoms. The minimum absolute atomic E-state index is 0.0503. The van der Waals surface area contributed by atoms with Crippen LogP contribution in [0.2, 0.25) is 0 Å². The summed E-state index contributed by atoms with van der Waals surface area (Å²) in [6, 6.07) is 16.4. The quantitative estimate of drug-likeness (QED) is 0.319. The normalized spacial score (nSPS) is 17.8. The number of esters is 1. The third-order valence-electron chi connectivity index (χ3n) is 7.00. The monoisotopic (exact) mass is 594 g/mol. The Labute approximate surface area is 252 Å². The summed E-state index contributed by atoms with van der Waals surface area (Å²) in [5, 5.41) is 5.25. The largest absolute Gasteiger partial charge is 0.458 e. The van der Waals surface area contributed by atoms with Gasteiger partial charge in [-0.2, -0.15) is 0 Å². The molecule has 1 unspecified atom stereocenters. The lowest BCUT2D eigenvalue weighted by Gasteiger charge is -2.31. The molecule has 0 aromatic heterocycles. The lowest BCUT2D eigenvalue weighted by Crippen LogP contribution is -2.55. The molecule has 2 aromatic rings. The molecule has 1 heterocycles. The molecule has 43 heavy (non-hydrogen) atoms. The van der Waals surface area contributed by atoms with Gasteiger partial charge in [0.15, 0.2) is 0 Å². The van der Waals surface area contributed by atoms with Crippen LogP contribution in [0.25, 0.3) is 0 Å². The van der Waals surface area contributed by atoms with Gasteiger partial charge in [-0.05, 0) is 59.1 Å². The standard InChI is InChI=1S/C32H42N4O7/c1-21(33-31(41)42-20-25-15-11-8-12-16-25)27(37)34-23(3)36-18-17-35(22(2)30(40)43-32(4,5)6)28(38)26(29(36)39)19-24-13-9-7-10-14-24/h7-16,21-23,26H,17-20H2,1-6H3,(H,33,41)(H,34,37)/t21-,22-,23+,26?/m0/s1. The summed E-state index contributed by atoms with van der Waals surface area (Å²) in [5.74, 6) is -3.17. The molecule has 4 amide bonds. The Morgan fingerprint density at radius 1 is 0.837 bits per heavy atom. The molecule has 1 aliphatic rings. The van der Waals surface area contributed by atoms with Crippen molar-refractivity contribution >= 4 is 29.8 Å². The Kier molecular flexibility index (Phi) is 11.3. The van der Waals surface area contributed by atoms with E-state index in [0.29, 0.717) is 0 Å². The van der Waals surface area contributed by atoms with Gasteiger partial charge in [-0.25, -0.2) is 9.59 Å². The van der Waals surface area contributed by atoms with Crippen molar-refractivity contribution in [2.24, 2.45) is 5.92 Å². The van der Waals surface area contributed by atoms with E-state index in [4.69, 9.17) is 9.47 Å². The average Bonchev–Trinajstić information content (AvgIpc) is 3.07. The second kappa shape index (κ2) is 14.7. The summed E-state index contributed by atoms with van der Waals surface area (Å²) < 4.78 is 10.7. The van der Waals surface area contributed by atoms with Crippen LogP contribution in [0, 0.1) is 5.92 Å². The molecular formula is C32H42N4O7. The number of carbonyl (C=O) groups excluding carboxylic acids is 5. The number of nitrogens with one attached hydrogen (secondary N) is 2. The SMILES string of the molecule is C[C@H](NC(=O)OCc1ccccc1)C(=O)N[C@@H](C)N1CCN([C@@H](C)C(=O)OC(C)(C)C)C(=O)C(Cc2ccccc2)C1=O. The van der Waals surface area contributed by atoms with E-state index in [1.165, 1.54) is 16.7 Å². The molecule has 2 aromatic carbocycles. The molecule has 0 bridgehead atoms. The van der Waals surface area contributed by atoms with Gasteiger partial charge in [-0.3, -0.25) is 14.4 Å². The molecule has 11 nitrogen and oxygen atoms in total. The van der Waals surface area contributed by atoms with Crippen LogP contribution in [0.4, 0.5) is 4.79 Å². The van der Waals surface area contributed by atoms with E-state index >= 15 is 0 Å². The van der Waals surface area contributed by atoms with Crippen molar-refractivity contribution in [2.75, 3.05) is 13.1 Å². The first-order chi connectivity index (χ1) is 20.3. The van der Waals surface area contributed by atoms with Gasteiger partial charge in [0.2, 0.25) is 17.7 Å². The first-order valence-corrected chi connectivity index (χ1v) is 14.4. The van der Waals surface area contributed by atoms with Gasteiger partial charge in [0.1, 0.15) is 36.4 Å². The summed E-state index contributed by atoms with van der Waals surface area (Å²) >= 11 is 0. The van der Waals surface area contributed by atoms with Crippen LogP contribution in [0.3, 0.4) is 0 Å². The van der Waals surface area contributed by atoms with Crippen molar-refractivity contribution < 1.29 is 33.4 Å². The Balaban J connectivity index is 1.71. The van der Waals surface area contributed by atoms with E-state index in [1.807, 2.05) is 60.7 Å². The minimum Gasteiger partial charge on any atom is -0.458 e. The summed E-state index contributed by atoms with van der Waals surface area (Å²) in [6.07, 6.45) is -1.45. The van der Waals surface area contributed by atoms with E-state index in [1.54, 1.807) is 34.6 Å². The number of rotatable bonds is 10. The maximum atomic E-state index is 13.8. The fraction of sp³-hybridized carbons (Fsp3) is 0.469. The molecule has 1 fully saturated rings. The van der Waals surface area contributed by atoms with Gasteiger partial charge < -0.3 is 29.9 Å². The molecule has 0 saturated carbocycles. The number of ether oxygens (including phenoxy) is 2. The van der Waals surface area contributed by atoms with Gasteiger partial charge in [0.05, 0.1) is 0 Å². The van der Waals surface area contributed by atoms with E-state index in [9.17, 15) is 24.0 Å². The molecule has 3 rings (SSSR count). The average molecular weight is 595 g/mol. The van der Waals surface area contributed by atoms with Gasteiger partial charge in [-0.1, -0.05) is 60.7 Å². The third-order valence-corrected chi connectivity index (χ3v) is 7.00. The van der Waals surface area contributed by atoms with Crippen molar-refractivity contribution in [1.82, 2.24) is 20.4 Å². The van der Waals surface area contributed by atoms with Crippen molar-refractivity contribution in [2.45, 2.75) is 78.4 Å². The number of hydrogen-bond acceptors (Lipinski definition) is 7. The molecule has 1 aliphatic heterocycles. The fourth-order valence-corrected chi connectivity index (χ4v) is 4.67. The minimum atomic E-state index is -1.11. The van der Waals surface area contributed by atoms with Gasteiger partial charge in [0.25, 0.3) is 0 Å². The number of amides is 4. The van der Waals surface area contributed by atoms with Crippen LogP contribution in [0.15, 0.2) is 60.7 Å². The van der Waals surface area contributed by atoms with Crippen LogP contribution in [-0.4, -0.2) is 76.5 Å². The zero-order valence-electron chi connectivity index (χ0n) is 25.7. The number of alkyl carbamates (subject to hydrolysis) is 1. The highest BCUT2D eigenvalue weighted by atomic mass is 16.6. The van der Waals surface area contributed by atoms with Crippen LogP contribution in [0.5, 0.6) is 0 Å². The molecule has 1 saturated heterocycles. The Hall–Kier alpha value is -4.41. The van der Waals surface area contributed by atoms with Crippen molar-refractivity contribution in [1.29, 1.82) is 0 Å². The zero-order chi connectivity index (χ0) is 31.7. The number of nitrogens with zero attached hydrogens (tertiary/aromatic N) is 2. The summed E-state index contributed by atoms with van der Waals surface area (Å²) in [4.78, 5) is 68.5. The number of carbonyl (C=O) groups is 5. The molecule has 0 spiro atoms. The highest BCUT2D eigenvalue weighted by Crippen LogP contribution is 2.22. The maximum Gasteiger partial charge on any atom is 0.408 e. The summed E-state index contributed by atoms with van der Waals surface area (Å²) in [5.41, 5.74) is 0.838. The van der Waals surface area contributed by atoms with Crippen LogP contribution in [0.1, 0.15) is 52.7 Å². The molecule has 4 atom stereocenters. The smallest absolute Gasteiger partial charge is 0.408 e. The Morgan fingerprint density at radius 3 is 1.95 bits per heavy atom. The van der Waals surface area contributed by atoms with Crippen LogP contribution < -0.4 is 10.6 Å². The number of hydrogen-bond donors (Lipinski definition) is 2. The second-order valence-electron chi connectivity index (χ2n) is 11.6. The molecular weight excluding hydrogens is 552 g/mol. The third kappa shape index (κ3) is 9.56. The maximum absolute atomic E-state index is 13.8. The van der Waals surface area contributed by atoms with E-state index in [2.05, 4.69) is 10.6 Å². The van der Waals surface area contributed by atoms with E-state index in [0.717, 1.165) is 11.1 Å². The highest BCUT2D eigenvalue weighted by molar-refractivity contribution is 6.02. The lowest BCUT2D eigenvalue weighted by atomic mass is 9.96. The summed E-state index contributed by atoms with van der Waals surface area (Å²) in [7, 11) is 0. The van der Waals surface area contributed by atoms with Crippen LogP contribution >= 0.6 is 0 Å². The molecule has 232 valence electrons. The first kappa shape index (κ1) is 33.1. The topological polar surface area (TPSA) is 134 Å². The lowest BCUT2D eigenvalue weighted by molar-refractivity contribution is -0.165. The van der Waals surface area contributed by atoms with Gasteiger partial charge in [0, 0.05) is 13.1 Å². The molecule has 0 aliphatic carbocycles. The van der Waals surface area contributed by atoms with Crippen LogP contribution in [-0.2, 0) is 41.7 Å². The van der Waals surface area contributed by atoms with Gasteiger partial charge in [-0.15, -0.1) is 0 Å². The van der Waals surface area contributed by atoms with Crippen molar-refractivity contribution in [3.05, 3.63) is 71.8 Å². The predicted octanol–water partition coefficient (Wildman–Crippen LogP) is 3.02.